The summed E-state index contributed by atoms with van der Waals surface area (Å²) in [7, 11) is 0. The van der Waals surface area contributed by atoms with Crippen molar-refractivity contribution in [2.24, 2.45) is 0 Å². The Hall–Kier alpha value is -1.04. The fourth-order valence-corrected chi connectivity index (χ4v) is 2.81. The summed E-state index contributed by atoms with van der Waals surface area (Å²) in [6.45, 7) is 8.13. The van der Waals surface area contributed by atoms with Crippen LogP contribution in [0.3, 0.4) is 0 Å². The number of nitrogen functional groups attached to an aromatic ring is 1. The molecule has 1 amide bonds. The van der Waals surface area contributed by atoms with Crippen LogP contribution in [0, 0.1) is 0 Å². The number of amides is 1. The zero-order valence-electron chi connectivity index (χ0n) is 13.2. The van der Waals surface area contributed by atoms with Crippen LogP contribution in [0.25, 0.3) is 0 Å². The number of carbonyl (C=O) groups is 1. The SMILES string of the molecule is CCN(CC)C1CCN(C(=O)Cc2ccc(N)cn2)C1.Cl.Cl. The Balaban J connectivity index is 0.00000220. The minimum absolute atomic E-state index is 0. The van der Waals surface area contributed by atoms with Crippen LogP contribution >= 0.6 is 24.8 Å². The van der Waals surface area contributed by atoms with Gasteiger partial charge in [0.25, 0.3) is 0 Å². The van der Waals surface area contributed by atoms with Gasteiger partial charge in [0.15, 0.2) is 0 Å². The summed E-state index contributed by atoms with van der Waals surface area (Å²) in [4.78, 5) is 20.9. The lowest BCUT2D eigenvalue weighted by molar-refractivity contribution is -0.129. The molecule has 1 atom stereocenters. The molecule has 1 unspecified atom stereocenters. The number of hydrogen-bond donors (Lipinski definition) is 1. The van der Waals surface area contributed by atoms with Crippen molar-refractivity contribution in [2.75, 3.05) is 31.9 Å². The second kappa shape index (κ2) is 9.87. The molecule has 1 fully saturated rings. The molecule has 1 aliphatic heterocycles. The lowest BCUT2D eigenvalue weighted by atomic mass is 10.2. The van der Waals surface area contributed by atoms with Crippen molar-refractivity contribution in [3.05, 3.63) is 24.0 Å². The molecular formula is C15H26Cl2N4O. The maximum Gasteiger partial charge on any atom is 0.228 e. The number of nitrogens with two attached hydrogens (primary N) is 1. The van der Waals surface area contributed by atoms with Crippen molar-refractivity contribution in [1.82, 2.24) is 14.8 Å². The molecule has 1 aromatic heterocycles. The van der Waals surface area contributed by atoms with Crippen LogP contribution in [0.2, 0.25) is 0 Å². The monoisotopic (exact) mass is 348 g/mol. The number of carbonyl (C=O) groups excluding carboxylic acids is 1. The summed E-state index contributed by atoms with van der Waals surface area (Å²) < 4.78 is 0. The molecule has 2 heterocycles. The highest BCUT2D eigenvalue weighted by Gasteiger charge is 2.29. The normalized spacial score (nSPS) is 17.0. The van der Waals surface area contributed by atoms with Gasteiger partial charge in [-0.25, -0.2) is 0 Å². The van der Waals surface area contributed by atoms with E-state index in [1.165, 1.54) is 0 Å². The quantitative estimate of drug-likeness (QED) is 0.883. The van der Waals surface area contributed by atoms with Gasteiger partial charge in [0.1, 0.15) is 0 Å². The highest BCUT2D eigenvalue weighted by Crippen LogP contribution is 2.16. The zero-order valence-corrected chi connectivity index (χ0v) is 14.8. The number of halogens is 2. The smallest absolute Gasteiger partial charge is 0.228 e. The van der Waals surface area contributed by atoms with E-state index < -0.39 is 0 Å². The van der Waals surface area contributed by atoms with Crippen LogP contribution in [0.4, 0.5) is 5.69 Å². The molecule has 0 bridgehead atoms. The van der Waals surface area contributed by atoms with E-state index in [4.69, 9.17) is 5.73 Å². The van der Waals surface area contributed by atoms with Crippen LogP contribution < -0.4 is 5.73 Å². The van der Waals surface area contributed by atoms with Crippen LogP contribution in [0.5, 0.6) is 0 Å². The average Bonchev–Trinajstić information content (AvgIpc) is 2.92. The van der Waals surface area contributed by atoms with Gasteiger partial charge in [-0.3, -0.25) is 14.7 Å². The number of aromatic nitrogens is 1. The summed E-state index contributed by atoms with van der Waals surface area (Å²) >= 11 is 0. The average molecular weight is 349 g/mol. The maximum absolute atomic E-state index is 12.3. The van der Waals surface area contributed by atoms with Crippen molar-refractivity contribution < 1.29 is 4.79 Å². The molecule has 0 aromatic carbocycles. The molecule has 22 heavy (non-hydrogen) atoms. The predicted octanol–water partition coefficient (Wildman–Crippen LogP) is 1.99. The van der Waals surface area contributed by atoms with E-state index in [2.05, 4.69) is 23.7 Å². The van der Waals surface area contributed by atoms with E-state index >= 15 is 0 Å². The lowest BCUT2D eigenvalue weighted by Crippen LogP contribution is -2.39. The Morgan fingerprint density at radius 3 is 2.59 bits per heavy atom. The first-order valence-electron chi connectivity index (χ1n) is 7.36. The van der Waals surface area contributed by atoms with Gasteiger partial charge in [-0.15, -0.1) is 24.8 Å². The van der Waals surface area contributed by atoms with Crippen molar-refractivity contribution in [2.45, 2.75) is 32.7 Å². The van der Waals surface area contributed by atoms with Crippen molar-refractivity contribution >= 4 is 36.4 Å². The fourth-order valence-electron chi connectivity index (χ4n) is 2.81. The Kier molecular flexibility index (Phi) is 9.41. The number of nitrogens with zero attached hydrogens (tertiary/aromatic N) is 3. The molecule has 0 saturated carbocycles. The van der Waals surface area contributed by atoms with E-state index in [9.17, 15) is 4.79 Å². The van der Waals surface area contributed by atoms with Crippen LogP contribution in [-0.2, 0) is 11.2 Å². The van der Waals surface area contributed by atoms with E-state index in [0.717, 1.165) is 38.3 Å². The second-order valence-electron chi connectivity index (χ2n) is 5.26. The van der Waals surface area contributed by atoms with Crippen molar-refractivity contribution in [1.29, 1.82) is 0 Å². The van der Waals surface area contributed by atoms with Crippen LogP contribution in [0.1, 0.15) is 26.0 Å². The first-order valence-corrected chi connectivity index (χ1v) is 7.36. The summed E-state index contributed by atoms with van der Waals surface area (Å²) in [6, 6.07) is 4.12. The fraction of sp³-hybridized carbons (Fsp3) is 0.600. The van der Waals surface area contributed by atoms with E-state index in [1.54, 1.807) is 12.3 Å². The van der Waals surface area contributed by atoms with E-state index in [0.29, 0.717) is 18.2 Å². The minimum Gasteiger partial charge on any atom is -0.397 e. The third kappa shape index (κ3) is 5.30. The number of hydrogen-bond acceptors (Lipinski definition) is 4. The predicted molar refractivity (Wildman–Crippen MR) is 94.8 cm³/mol. The molecule has 2 rings (SSSR count). The molecule has 2 N–H and O–H groups in total. The number of anilines is 1. The molecule has 1 saturated heterocycles. The molecule has 0 aliphatic carbocycles. The molecule has 1 aromatic rings. The van der Waals surface area contributed by atoms with Gasteiger partial charge in [-0.1, -0.05) is 13.8 Å². The molecule has 0 radical (unpaired) electrons. The standard InChI is InChI=1S/C15H24N4O.2ClH/c1-3-18(4-2)14-7-8-19(11-14)15(20)9-13-6-5-12(16)10-17-13;;/h5-6,10,14H,3-4,7-9,11,16H2,1-2H3;2*1H. The van der Waals surface area contributed by atoms with Gasteiger partial charge in [0.2, 0.25) is 5.91 Å². The number of likely N-dealkylation sites (tertiary alicyclic amines) is 1. The van der Waals surface area contributed by atoms with E-state index in [1.807, 2.05) is 11.0 Å². The Labute approximate surface area is 145 Å². The number of rotatable bonds is 5. The highest BCUT2D eigenvalue weighted by molar-refractivity contribution is 5.85. The summed E-state index contributed by atoms with van der Waals surface area (Å²) in [6.07, 6.45) is 3.04. The highest BCUT2D eigenvalue weighted by atomic mass is 35.5. The van der Waals surface area contributed by atoms with Gasteiger partial charge >= 0.3 is 0 Å². The minimum atomic E-state index is 0. The van der Waals surface area contributed by atoms with Gasteiger partial charge in [0.05, 0.1) is 18.3 Å². The van der Waals surface area contributed by atoms with Crippen LogP contribution in [0.15, 0.2) is 18.3 Å². The maximum atomic E-state index is 12.3. The van der Waals surface area contributed by atoms with Crippen molar-refractivity contribution in [3.63, 3.8) is 0 Å². The molecule has 0 spiro atoms. The van der Waals surface area contributed by atoms with E-state index in [-0.39, 0.29) is 30.7 Å². The largest absolute Gasteiger partial charge is 0.397 e. The third-order valence-electron chi connectivity index (χ3n) is 4.02. The molecule has 126 valence electrons. The van der Waals surface area contributed by atoms with Crippen molar-refractivity contribution in [3.8, 4) is 0 Å². The van der Waals surface area contributed by atoms with Crippen LogP contribution in [-0.4, -0.2) is 52.9 Å². The van der Waals surface area contributed by atoms with Gasteiger partial charge < -0.3 is 10.6 Å². The Morgan fingerprint density at radius 1 is 1.36 bits per heavy atom. The lowest BCUT2D eigenvalue weighted by Gasteiger charge is -2.26. The van der Waals surface area contributed by atoms with Gasteiger partial charge in [-0.05, 0) is 31.6 Å². The summed E-state index contributed by atoms with van der Waals surface area (Å²) in [5.41, 5.74) is 7.01. The summed E-state index contributed by atoms with van der Waals surface area (Å²) in [5.74, 6) is 0.164. The van der Waals surface area contributed by atoms with Gasteiger partial charge in [-0.2, -0.15) is 0 Å². The topological polar surface area (TPSA) is 62.5 Å². The molecule has 7 heteroatoms. The second-order valence-corrected chi connectivity index (χ2v) is 5.26. The zero-order chi connectivity index (χ0) is 14.5. The Morgan fingerprint density at radius 2 is 2.05 bits per heavy atom. The molecule has 1 aliphatic rings. The first-order chi connectivity index (χ1) is 9.63. The molecular weight excluding hydrogens is 323 g/mol. The Bertz CT molecular complexity index is 451. The molecule has 5 nitrogen and oxygen atoms in total. The third-order valence-corrected chi connectivity index (χ3v) is 4.02. The number of pyridine rings is 1. The van der Waals surface area contributed by atoms with Gasteiger partial charge in [0, 0.05) is 24.8 Å². The number of likely N-dealkylation sites (N-methyl/N-ethyl adjacent to an activating group) is 1. The summed E-state index contributed by atoms with van der Waals surface area (Å²) in [5, 5.41) is 0. The first kappa shape index (κ1) is 21.0.